The van der Waals surface area contributed by atoms with E-state index < -0.39 is 11.7 Å². The van der Waals surface area contributed by atoms with Crippen LogP contribution < -0.4 is 0 Å². The Kier molecular flexibility index (Phi) is 7.89. The molecule has 0 aliphatic carbocycles. The zero-order valence-corrected chi connectivity index (χ0v) is 20.2. The second-order valence-electron chi connectivity index (χ2n) is 7.65. The van der Waals surface area contributed by atoms with Crippen LogP contribution in [0, 0.1) is 0 Å². The summed E-state index contributed by atoms with van der Waals surface area (Å²) < 4.78 is 41.8. The highest BCUT2D eigenvalue weighted by Crippen LogP contribution is 2.40. The minimum atomic E-state index is -4.56. The fraction of sp³-hybridized carbons (Fsp3) is 0.111. The maximum atomic E-state index is 13.9. The Labute approximate surface area is 205 Å². The molecule has 0 radical (unpaired) electrons. The van der Waals surface area contributed by atoms with E-state index in [-0.39, 0.29) is 15.8 Å². The maximum absolute atomic E-state index is 13.9. The Hall–Kier alpha value is -3.03. The number of carbonyl (C=O) groups is 2. The number of hydrogen-bond donors (Lipinski definition) is 0. The quantitative estimate of drug-likeness (QED) is 0.252. The van der Waals surface area contributed by atoms with Gasteiger partial charge in [0.05, 0.1) is 5.56 Å². The average Bonchev–Trinajstić information content (AvgIpc) is 2.79. The van der Waals surface area contributed by atoms with Crippen LogP contribution in [0.25, 0.3) is 22.3 Å². The molecule has 0 atom stereocenters. The Morgan fingerprint density at radius 3 is 1.50 bits per heavy atom. The van der Waals surface area contributed by atoms with E-state index in [0.717, 1.165) is 29.6 Å². The second kappa shape index (κ2) is 10.5. The number of alkyl halides is 3. The fourth-order valence-corrected chi connectivity index (χ4v) is 4.34. The van der Waals surface area contributed by atoms with E-state index in [2.05, 4.69) is 13.2 Å². The Morgan fingerprint density at radius 1 is 0.676 bits per heavy atom. The van der Waals surface area contributed by atoms with Gasteiger partial charge in [-0.1, -0.05) is 49.6 Å². The molecule has 7 heteroatoms. The molecule has 0 N–H and O–H groups in total. The van der Waals surface area contributed by atoms with Crippen molar-refractivity contribution >= 4 is 33.8 Å². The van der Waals surface area contributed by atoms with Crippen LogP contribution >= 0.6 is 23.5 Å². The summed E-state index contributed by atoms with van der Waals surface area (Å²) in [6.07, 6.45) is -4.56. The third-order valence-electron chi connectivity index (χ3n) is 4.80. The Balaban J connectivity index is 1.92. The van der Waals surface area contributed by atoms with Crippen LogP contribution in [0.1, 0.15) is 19.4 Å². The Bertz CT molecular complexity index is 1260. The highest BCUT2D eigenvalue weighted by atomic mass is 32.2. The molecule has 0 heterocycles. The van der Waals surface area contributed by atoms with Gasteiger partial charge in [-0.25, -0.2) is 0 Å². The first kappa shape index (κ1) is 25.6. The molecule has 0 aliphatic rings. The van der Waals surface area contributed by atoms with Gasteiger partial charge in [0.1, 0.15) is 0 Å². The molecule has 0 spiro atoms. The highest BCUT2D eigenvalue weighted by Gasteiger charge is 2.34. The van der Waals surface area contributed by atoms with E-state index in [1.807, 2.05) is 0 Å². The van der Waals surface area contributed by atoms with Crippen molar-refractivity contribution in [3.8, 4) is 22.3 Å². The largest absolute Gasteiger partial charge is 0.417 e. The summed E-state index contributed by atoms with van der Waals surface area (Å²) in [5.41, 5.74) is 1.55. The monoisotopic (exact) mass is 498 g/mol. The van der Waals surface area contributed by atoms with E-state index in [1.165, 1.54) is 6.07 Å². The van der Waals surface area contributed by atoms with Crippen LogP contribution in [0.3, 0.4) is 0 Å². The lowest BCUT2D eigenvalue weighted by Crippen LogP contribution is -2.07. The second-order valence-corrected chi connectivity index (χ2v) is 9.74. The molecule has 0 aromatic heterocycles. The van der Waals surface area contributed by atoms with Crippen molar-refractivity contribution in [3.63, 3.8) is 0 Å². The standard InChI is InChI=1S/C27H21F3O2S2/c1-16(2)25(31)33-21-10-5-18(6-11-21)20-9-14-23(24(15-20)27(28,29)30)19-7-12-22(13-8-19)34-26(32)17(3)4/h5-15H,1,3H2,2,4H3. The van der Waals surface area contributed by atoms with Crippen molar-refractivity contribution in [2.45, 2.75) is 29.8 Å². The molecule has 0 amide bonds. The van der Waals surface area contributed by atoms with E-state index in [0.29, 0.717) is 37.6 Å². The lowest BCUT2D eigenvalue weighted by Gasteiger charge is -2.15. The van der Waals surface area contributed by atoms with Crippen LogP contribution in [0.4, 0.5) is 13.2 Å². The van der Waals surface area contributed by atoms with Gasteiger partial charge in [-0.05, 0) is 101 Å². The SMILES string of the molecule is C=C(C)C(=O)Sc1ccc(-c2ccc(-c3ccc(SC(=O)C(=C)C)cc3)c(C(F)(F)F)c2)cc1. The van der Waals surface area contributed by atoms with Crippen molar-refractivity contribution in [2.24, 2.45) is 0 Å². The van der Waals surface area contributed by atoms with Crippen molar-refractivity contribution in [1.82, 2.24) is 0 Å². The number of rotatable bonds is 6. The molecule has 3 aromatic rings. The minimum absolute atomic E-state index is 0.0539. The number of thioether (sulfide) groups is 2. The third-order valence-corrected chi connectivity index (χ3v) is 6.88. The summed E-state index contributed by atoms with van der Waals surface area (Å²) in [7, 11) is 0. The van der Waals surface area contributed by atoms with Crippen LogP contribution in [0.5, 0.6) is 0 Å². The van der Waals surface area contributed by atoms with E-state index in [1.54, 1.807) is 68.4 Å². The molecule has 3 rings (SSSR count). The zero-order valence-electron chi connectivity index (χ0n) is 18.5. The lowest BCUT2D eigenvalue weighted by molar-refractivity contribution is -0.137. The van der Waals surface area contributed by atoms with E-state index in [4.69, 9.17) is 0 Å². The normalized spacial score (nSPS) is 11.2. The molecule has 174 valence electrons. The van der Waals surface area contributed by atoms with Gasteiger partial charge in [-0.3, -0.25) is 9.59 Å². The fourth-order valence-electron chi connectivity index (χ4n) is 3.02. The van der Waals surface area contributed by atoms with Gasteiger partial charge in [-0.2, -0.15) is 13.2 Å². The summed E-state index contributed by atoms with van der Waals surface area (Å²) in [5, 5.41) is -0.355. The highest BCUT2D eigenvalue weighted by molar-refractivity contribution is 8.14. The van der Waals surface area contributed by atoms with Crippen LogP contribution in [0.15, 0.2) is 101 Å². The number of carbonyl (C=O) groups excluding carboxylic acids is 2. The summed E-state index contributed by atoms with van der Waals surface area (Å²) in [5.74, 6) is 0. The molecular weight excluding hydrogens is 477 g/mol. The number of halogens is 3. The molecule has 0 saturated heterocycles. The Morgan fingerprint density at radius 2 is 1.09 bits per heavy atom. The van der Waals surface area contributed by atoms with Gasteiger partial charge in [0.15, 0.2) is 0 Å². The van der Waals surface area contributed by atoms with Gasteiger partial charge in [0.2, 0.25) is 10.2 Å². The molecule has 0 unspecified atom stereocenters. The van der Waals surface area contributed by atoms with Crippen LogP contribution in [0.2, 0.25) is 0 Å². The maximum Gasteiger partial charge on any atom is 0.417 e. The van der Waals surface area contributed by atoms with Gasteiger partial charge in [0.25, 0.3) is 0 Å². The smallest absolute Gasteiger partial charge is 0.282 e. The van der Waals surface area contributed by atoms with Gasteiger partial charge in [-0.15, -0.1) is 0 Å². The van der Waals surface area contributed by atoms with Crippen molar-refractivity contribution in [2.75, 3.05) is 0 Å². The summed E-state index contributed by atoms with van der Waals surface area (Å²) in [6.45, 7) is 10.4. The number of hydrogen-bond acceptors (Lipinski definition) is 4. The average molecular weight is 499 g/mol. The molecule has 0 fully saturated rings. The predicted octanol–water partition coefficient (Wildman–Crippen LogP) is 8.43. The molecule has 0 saturated carbocycles. The predicted molar refractivity (Wildman–Crippen MR) is 134 cm³/mol. The van der Waals surface area contributed by atoms with Crippen molar-refractivity contribution in [1.29, 1.82) is 0 Å². The topological polar surface area (TPSA) is 34.1 Å². The lowest BCUT2D eigenvalue weighted by atomic mass is 9.94. The van der Waals surface area contributed by atoms with Gasteiger partial charge < -0.3 is 0 Å². The third kappa shape index (κ3) is 6.30. The first-order valence-electron chi connectivity index (χ1n) is 10.1. The summed E-state index contributed by atoms with van der Waals surface area (Å²) in [6, 6.07) is 17.4. The molecule has 0 bridgehead atoms. The van der Waals surface area contributed by atoms with E-state index >= 15 is 0 Å². The molecular formula is C27H21F3O2S2. The van der Waals surface area contributed by atoms with Crippen LogP contribution in [-0.4, -0.2) is 10.2 Å². The summed E-state index contributed by atoms with van der Waals surface area (Å²) >= 11 is 2.01. The molecule has 34 heavy (non-hydrogen) atoms. The van der Waals surface area contributed by atoms with Gasteiger partial charge >= 0.3 is 6.18 Å². The molecule has 0 aliphatic heterocycles. The number of benzene rings is 3. The first-order chi connectivity index (χ1) is 16.0. The van der Waals surface area contributed by atoms with Crippen LogP contribution in [-0.2, 0) is 15.8 Å². The van der Waals surface area contributed by atoms with Crippen molar-refractivity contribution < 1.29 is 22.8 Å². The molecule has 2 nitrogen and oxygen atoms in total. The molecule has 3 aromatic carbocycles. The summed E-state index contributed by atoms with van der Waals surface area (Å²) in [4.78, 5) is 25.0. The first-order valence-corrected chi connectivity index (χ1v) is 11.8. The minimum Gasteiger partial charge on any atom is -0.282 e. The van der Waals surface area contributed by atoms with E-state index in [9.17, 15) is 22.8 Å². The van der Waals surface area contributed by atoms with Crippen molar-refractivity contribution in [3.05, 3.63) is 96.6 Å². The zero-order chi connectivity index (χ0) is 25.0. The van der Waals surface area contributed by atoms with Gasteiger partial charge in [0, 0.05) is 9.79 Å².